The maximum absolute atomic E-state index is 12.3. The standard InChI is InChI=1S/C17H26N3O11P/c1-7(8-4-9(21)13(23)10(22)5-8)31-32(27,28)29-6-11-14(24)15(25)16(30-11)20-3-2-12(18)19-17(20)26/h2-4,7,9-11,13-16,21-25H,5-6H2,1H3,(H,27,28)(H2,18,19,26)/t7?,9?,10-,11+,13-,14-,15?,16+/m0/s1. The van der Waals surface area contributed by atoms with Crippen molar-refractivity contribution in [2.24, 2.45) is 0 Å². The van der Waals surface area contributed by atoms with Gasteiger partial charge < -0.3 is 40.9 Å². The Bertz CT molecular complexity index is 956. The van der Waals surface area contributed by atoms with Crippen LogP contribution in [0.3, 0.4) is 0 Å². The number of nitrogens with two attached hydrogens (primary N) is 1. The summed E-state index contributed by atoms with van der Waals surface area (Å²) >= 11 is 0. The zero-order chi connectivity index (χ0) is 23.8. The molecule has 2 heterocycles. The molecule has 4 unspecified atom stereocenters. The molecule has 9 atom stereocenters. The Labute approximate surface area is 181 Å². The number of aliphatic hydroxyl groups is 5. The fraction of sp³-hybridized carbons (Fsp3) is 0.647. The van der Waals surface area contributed by atoms with Crippen molar-refractivity contribution in [1.29, 1.82) is 0 Å². The van der Waals surface area contributed by atoms with Crippen molar-refractivity contribution >= 4 is 13.6 Å². The predicted molar refractivity (Wildman–Crippen MR) is 106 cm³/mol. The van der Waals surface area contributed by atoms with Gasteiger partial charge in [0.25, 0.3) is 0 Å². The van der Waals surface area contributed by atoms with Crippen LogP contribution in [0.15, 0.2) is 28.7 Å². The average molecular weight is 479 g/mol. The molecule has 0 aromatic carbocycles. The number of aliphatic hydroxyl groups excluding tert-OH is 5. The summed E-state index contributed by atoms with van der Waals surface area (Å²) in [6, 6.07) is 1.29. The number of nitrogen functional groups attached to an aromatic ring is 1. The summed E-state index contributed by atoms with van der Waals surface area (Å²) in [4.78, 5) is 25.4. The molecule has 0 radical (unpaired) electrons. The maximum atomic E-state index is 12.3. The molecule has 1 saturated heterocycles. The van der Waals surface area contributed by atoms with Crippen molar-refractivity contribution < 1.29 is 48.8 Å². The second-order valence-corrected chi connectivity index (χ2v) is 9.00. The van der Waals surface area contributed by atoms with E-state index in [1.165, 1.54) is 25.3 Å². The number of ether oxygens (including phenoxy) is 1. The third kappa shape index (κ3) is 5.43. The number of hydrogen-bond donors (Lipinski definition) is 7. The van der Waals surface area contributed by atoms with Crippen LogP contribution in [0.5, 0.6) is 0 Å². The smallest absolute Gasteiger partial charge is 0.390 e. The van der Waals surface area contributed by atoms with Gasteiger partial charge in [0.2, 0.25) is 0 Å². The van der Waals surface area contributed by atoms with E-state index in [4.69, 9.17) is 19.5 Å². The molecule has 1 aromatic heterocycles. The van der Waals surface area contributed by atoms with Crippen LogP contribution in [0.2, 0.25) is 0 Å². The first-order valence-electron chi connectivity index (χ1n) is 9.66. The minimum absolute atomic E-state index is 0.0470. The quantitative estimate of drug-likeness (QED) is 0.157. The molecule has 0 amide bonds. The summed E-state index contributed by atoms with van der Waals surface area (Å²) in [6.07, 6.45) is -8.50. The Kier molecular flexibility index (Phi) is 7.51. The summed E-state index contributed by atoms with van der Waals surface area (Å²) in [5.74, 6) is -0.0470. The van der Waals surface area contributed by atoms with Gasteiger partial charge in [0.15, 0.2) is 6.23 Å². The average Bonchev–Trinajstić information content (AvgIpc) is 2.98. The van der Waals surface area contributed by atoms with E-state index in [1.54, 1.807) is 0 Å². The van der Waals surface area contributed by atoms with Crippen molar-refractivity contribution in [1.82, 2.24) is 9.55 Å². The molecule has 1 aromatic rings. The van der Waals surface area contributed by atoms with Gasteiger partial charge in [0, 0.05) is 6.20 Å². The monoisotopic (exact) mass is 479 g/mol. The molecule has 8 N–H and O–H groups in total. The molecule has 0 spiro atoms. The second kappa shape index (κ2) is 9.65. The number of aromatic nitrogens is 2. The topological polar surface area (TPSA) is 227 Å². The van der Waals surface area contributed by atoms with Crippen LogP contribution >= 0.6 is 7.82 Å². The lowest BCUT2D eigenvalue weighted by Gasteiger charge is -2.30. The van der Waals surface area contributed by atoms with Crippen molar-refractivity contribution in [2.45, 2.75) is 62.3 Å². The van der Waals surface area contributed by atoms with Gasteiger partial charge in [0.1, 0.15) is 36.3 Å². The van der Waals surface area contributed by atoms with Gasteiger partial charge >= 0.3 is 13.5 Å². The first-order valence-corrected chi connectivity index (χ1v) is 11.2. The van der Waals surface area contributed by atoms with Gasteiger partial charge in [-0.25, -0.2) is 9.36 Å². The number of rotatable bonds is 7. The Balaban J connectivity index is 1.61. The Morgan fingerprint density at radius 1 is 1.28 bits per heavy atom. The van der Waals surface area contributed by atoms with Crippen LogP contribution in [-0.2, 0) is 18.3 Å². The van der Waals surface area contributed by atoms with E-state index in [0.717, 1.165) is 4.57 Å². The lowest BCUT2D eigenvalue weighted by Crippen LogP contribution is -2.41. The number of hydrogen-bond acceptors (Lipinski definition) is 12. The second-order valence-electron chi connectivity index (χ2n) is 7.59. The van der Waals surface area contributed by atoms with Crippen LogP contribution in [0.4, 0.5) is 5.82 Å². The molecule has 0 bridgehead atoms. The number of phosphoric acid groups is 1. The molecule has 2 aliphatic rings. The molecule has 0 saturated carbocycles. The van der Waals surface area contributed by atoms with Crippen LogP contribution in [0.25, 0.3) is 0 Å². The number of phosphoric ester groups is 1. The van der Waals surface area contributed by atoms with Gasteiger partial charge in [-0.05, 0) is 25.0 Å². The van der Waals surface area contributed by atoms with E-state index < -0.39 is 69.1 Å². The minimum Gasteiger partial charge on any atom is -0.390 e. The zero-order valence-electron chi connectivity index (χ0n) is 16.9. The van der Waals surface area contributed by atoms with Crippen LogP contribution in [-0.4, -0.2) is 89.3 Å². The molecular weight excluding hydrogens is 453 g/mol. The molecule has 32 heavy (non-hydrogen) atoms. The third-order valence-electron chi connectivity index (χ3n) is 5.25. The first-order chi connectivity index (χ1) is 14.9. The largest absolute Gasteiger partial charge is 0.472 e. The molecule has 1 aliphatic heterocycles. The van der Waals surface area contributed by atoms with Gasteiger partial charge in [-0.15, -0.1) is 0 Å². The van der Waals surface area contributed by atoms with E-state index in [2.05, 4.69) is 4.98 Å². The molecule has 3 rings (SSSR count). The minimum atomic E-state index is -4.71. The van der Waals surface area contributed by atoms with E-state index in [-0.39, 0.29) is 17.8 Å². The highest BCUT2D eigenvalue weighted by Crippen LogP contribution is 2.47. The van der Waals surface area contributed by atoms with E-state index >= 15 is 0 Å². The van der Waals surface area contributed by atoms with Crippen molar-refractivity contribution in [2.75, 3.05) is 12.3 Å². The highest BCUT2D eigenvalue weighted by atomic mass is 31.2. The van der Waals surface area contributed by atoms with Crippen LogP contribution in [0, 0.1) is 0 Å². The van der Waals surface area contributed by atoms with E-state index in [0.29, 0.717) is 0 Å². The predicted octanol–water partition coefficient (Wildman–Crippen LogP) is -2.62. The lowest BCUT2D eigenvalue weighted by molar-refractivity contribution is -0.0571. The number of nitrogens with zero attached hydrogens (tertiary/aromatic N) is 2. The fourth-order valence-corrected chi connectivity index (χ4v) is 4.39. The van der Waals surface area contributed by atoms with E-state index in [1.807, 2.05) is 0 Å². The molecule has 1 fully saturated rings. The van der Waals surface area contributed by atoms with Gasteiger partial charge in [0.05, 0.1) is 18.8 Å². The zero-order valence-corrected chi connectivity index (χ0v) is 17.8. The summed E-state index contributed by atoms with van der Waals surface area (Å²) in [6.45, 7) is 0.714. The highest BCUT2D eigenvalue weighted by Gasteiger charge is 2.45. The third-order valence-corrected chi connectivity index (χ3v) is 6.31. The summed E-state index contributed by atoms with van der Waals surface area (Å²) in [5, 5.41) is 49.4. The van der Waals surface area contributed by atoms with Crippen molar-refractivity contribution in [3.8, 4) is 0 Å². The molecule has 14 nitrogen and oxygen atoms in total. The maximum Gasteiger partial charge on any atom is 0.472 e. The van der Waals surface area contributed by atoms with Gasteiger partial charge in [-0.1, -0.05) is 6.08 Å². The van der Waals surface area contributed by atoms with E-state index in [9.17, 15) is 39.8 Å². The summed E-state index contributed by atoms with van der Waals surface area (Å²) < 4.78 is 28.5. The van der Waals surface area contributed by atoms with Crippen molar-refractivity contribution in [3.63, 3.8) is 0 Å². The number of anilines is 1. The summed E-state index contributed by atoms with van der Waals surface area (Å²) in [5.41, 5.74) is 4.86. The lowest BCUT2D eigenvalue weighted by atomic mass is 9.90. The van der Waals surface area contributed by atoms with Crippen LogP contribution < -0.4 is 11.4 Å². The first kappa shape index (κ1) is 24.9. The van der Waals surface area contributed by atoms with Crippen molar-refractivity contribution in [3.05, 3.63) is 34.4 Å². The molecule has 1 aliphatic carbocycles. The molecular formula is C17H26N3O11P. The Morgan fingerprint density at radius 3 is 2.59 bits per heavy atom. The molecule has 15 heteroatoms. The summed E-state index contributed by atoms with van der Waals surface area (Å²) in [7, 11) is -4.71. The Morgan fingerprint density at radius 2 is 1.97 bits per heavy atom. The van der Waals surface area contributed by atoms with Gasteiger partial charge in [-0.3, -0.25) is 13.6 Å². The SMILES string of the molecule is CC(OP(=O)(O)OC[C@H]1O[C@@H](n2ccc(N)nc2=O)C(O)[C@H]1O)C1=CC(O)[C@H](O)[C@@H](O)C1. The van der Waals surface area contributed by atoms with Gasteiger partial charge in [-0.2, -0.15) is 4.98 Å². The normalized spacial score (nSPS) is 35.8. The highest BCUT2D eigenvalue weighted by molar-refractivity contribution is 7.47. The Hall–Kier alpha value is -1.71. The fourth-order valence-electron chi connectivity index (χ4n) is 3.46. The van der Waals surface area contributed by atoms with Crippen LogP contribution in [0.1, 0.15) is 19.6 Å². The molecule has 180 valence electrons.